The summed E-state index contributed by atoms with van der Waals surface area (Å²) in [7, 11) is 3.28. The van der Waals surface area contributed by atoms with Crippen LogP contribution in [0.3, 0.4) is 0 Å². The highest BCUT2D eigenvalue weighted by Gasteiger charge is 2.12. The number of anilines is 1. The number of alkyl halides is 2. The molecule has 0 aliphatic rings. The second kappa shape index (κ2) is 7.38. The summed E-state index contributed by atoms with van der Waals surface area (Å²) in [4.78, 5) is 4.48. The molecule has 0 bridgehead atoms. The maximum atomic E-state index is 12.4. The molecule has 1 aromatic heterocycles. The number of hydrogen-bond acceptors (Lipinski definition) is 5. The van der Waals surface area contributed by atoms with Crippen molar-refractivity contribution < 1.29 is 18.3 Å². The average molecular weight is 360 g/mol. The zero-order valence-corrected chi connectivity index (χ0v) is 14.5. The predicted octanol–water partition coefficient (Wildman–Crippen LogP) is 4.02. The maximum absolute atomic E-state index is 12.4. The number of aromatic nitrogens is 2. The van der Waals surface area contributed by atoms with Crippen LogP contribution >= 0.6 is 0 Å². The van der Waals surface area contributed by atoms with Gasteiger partial charge in [-0.2, -0.15) is 13.9 Å². The van der Waals surface area contributed by atoms with Gasteiger partial charge in [-0.05, 0) is 37.3 Å². The Hall–Kier alpha value is -3.16. The summed E-state index contributed by atoms with van der Waals surface area (Å²) in [5.41, 5.74) is 6.12. The molecule has 136 valence electrons. The highest BCUT2D eigenvalue weighted by atomic mass is 19.3. The molecular formula is C18H18F2N4O2. The van der Waals surface area contributed by atoms with E-state index >= 15 is 0 Å². The molecule has 0 aliphatic carbocycles. The third kappa shape index (κ3) is 3.58. The maximum Gasteiger partial charge on any atom is 0.387 e. The van der Waals surface area contributed by atoms with Gasteiger partial charge in [0, 0.05) is 12.6 Å². The van der Waals surface area contributed by atoms with Crippen LogP contribution in [-0.2, 0) is 7.05 Å². The molecule has 0 unspecified atom stereocenters. The van der Waals surface area contributed by atoms with E-state index in [1.165, 1.54) is 13.2 Å². The van der Waals surface area contributed by atoms with Gasteiger partial charge in [0.2, 0.25) is 5.95 Å². The molecule has 0 saturated carbocycles. The number of nitrogens with one attached hydrogen (secondary N) is 1. The minimum absolute atomic E-state index is 0.0256. The molecule has 1 heterocycles. The van der Waals surface area contributed by atoms with Crippen LogP contribution in [-0.4, -0.2) is 29.0 Å². The number of fused-ring (bicyclic) bond motifs is 1. The number of rotatable bonds is 6. The van der Waals surface area contributed by atoms with Gasteiger partial charge in [-0.1, -0.05) is 12.1 Å². The predicted molar refractivity (Wildman–Crippen MR) is 96.2 cm³/mol. The minimum Gasteiger partial charge on any atom is -0.493 e. The van der Waals surface area contributed by atoms with Gasteiger partial charge in [0.25, 0.3) is 0 Å². The zero-order chi connectivity index (χ0) is 18.7. The van der Waals surface area contributed by atoms with Crippen LogP contribution < -0.4 is 14.9 Å². The van der Waals surface area contributed by atoms with E-state index in [1.54, 1.807) is 19.1 Å². The number of halogens is 2. The number of hydrogen-bond donors (Lipinski definition) is 1. The van der Waals surface area contributed by atoms with Crippen molar-refractivity contribution >= 4 is 22.7 Å². The number of hydrazone groups is 1. The normalized spacial score (nSPS) is 11.8. The monoisotopic (exact) mass is 360 g/mol. The first-order chi connectivity index (χ1) is 12.5. The Kier molecular flexibility index (Phi) is 5.01. The number of ether oxygens (including phenoxy) is 2. The molecule has 3 aromatic rings. The van der Waals surface area contributed by atoms with Crippen molar-refractivity contribution in [3.8, 4) is 11.5 Å². The summed E-state index contributed by atoms with van der Waals surface area (Å²) in [5.74, 6) is 0.776. The molecule has 2 aromatic carbocycles. The standard InChI is InChI=1S/C18H18F2N4O2/c1-11(12-8-9-15(26-17(19)20)16(10-12)25-3)22-23-18-21-13-6-4-5-7-14(13)24(18)2/h4-10,17H,1-3H3,(H,21,23)/b22-11+. The lowest BCUT2D eigenvalue weighted by molar-refractivity contribution is -0.0512. The summed E-state index contributed by atoms with van der Waals surface area (Å²) in [6.07, 6.45) is 0. The molecule has 6 nitrogen and oxygen atoms in total. The van der Waals surface area contributed by atoms with Gasteiger partial charge in [-0.15, -0.1) is 0 Å². The molecule has 0 radical (unpaired) electrons. The lowest BCUT2D eigenvalue weighted by Gasteiger charge is -2.11. The molecule has 0 fully saturated rings. The van der Waals surface area contributed by atoms with Crippen LogP contribution in [0.1, 0.15) is 12.5 Å². The lowest BCUT2D eigenvalue weighted by Crippen LogP contribution is -2.06. The number of para-hydroxylation sites is 2. The summed E-state index contributed by atoms with van der Waals surface area (Å²) in [5, 5.41) is 4.33. The van der Waals surface area contributed by atoms with E-state index in [-0.39, 0.29) is 11.5 Å². The third-order valence-electron chi connectivity index (χ3n) is 3.91. The van der Waals surface area contributed by atoms with Crippen molar-refractivity contribution in [1.82, 2.24) is 9.55 Å². The van der Waals surface area contributed by atoms with E-state index < -0.39 is 6.61 Å². The molecule has 0 aliphatic heterocycles. The van der Waals surface area contributed by atoms with E-state index in [4.69, 9.17) is 4.74 Å². The zero-order valence-electron chi connectivity index (χ0n) is 14.5. The smallest absolute Gasteiger partial charge is 0.387 e. The molecule has 0 saturated heterocycles. The van der Waals surface area contributed by atoms with Crippen LogP contribution in [0.2, 0.25) is 0 Å². The minimum atomic E-state index is -2.91. The Morgan fingerprint density at radius 2 is 1.96 bits per heavy atom. The third-order valence-corrected chi connectivity index (χ3v) is 3.91. The average Bonchev–Trinajstić information content (AvgIpc) is 2.96. The second-order valence-corrected chi connectivity index (χ2v) is 5.54. The van der Waals surface area contributed by atoms with Crippen molar-refractivity contribution in [3.63, 3.8) is 0 Å². The Bertz CT molecular complexity index is 954. The van der Waals surface area contributed by atoms with Gasteiger partial charge in [-0.25, -0.2) is 10.4 Å². The molecule has 0 atom stereocenters. The second-order valence-electron chi connectivity index (χ2n) is 5.54. The van der Waals surface area contributed by atoms with E-state index in [1.807, 2.05) is 35.9 Å². The topological polar surface area (TPSA) is 60.7 Å². The first-order valence-electron chi connectivity index (χ1n) is 7.84. The van der Waals surface area contributed by atoms with Crippen LogP contribution in [0.4, 0.5) is 14.7 Å². The van der Waals surface area contributed by atoms with Gasteiger partial charge >= 0.3 is 6.61 Å². The summed E-state index contributed by atoms with van der Waals surface area (Å²) < 4.78 is 36.2. The molecule has 26 heavy (non-hydrogen) atoms. The fourth-order valence-corrected chi connectivity index (χ4v) is 2.53. The molecule has 1 N–H and O–H groups in total. The number of benzene rings is 2. The summed E-state index contributed by atoms with van der Waals surface area (Å²) in [6.45, 7) is -1.12. The van der Waals surface area contributed by atoms with E-state index in [2.05, 4.69) is 20.2 Å². The van der Waals surface area contributed by atoms with Gasteiger partial charge in [0.05, 0.1) is 23.9 Å². The van der Waals surface area contributed by atoms with Gasteiger partial charge in [-0.3, -0.25) is 0 Å². The van der Waals surface area contributed by atoms with Crippen molar-refractivity contribution in [2.75, 3.05) is 12.5 Å². The highest BCUT2D eigenvalue weighted by molar-refractivity contribution is 5.99. The summed E-state index contributed by atoms with van der Waals surface area (Å²) >= 11 is 0. The van der Waals surface area contributed by atoms with Gasteiger partial charge < -0.3 is 14.0 Å². The Labute approximate surface area is 149 Å². The van der Waals surface area contributed by atoms with Crippen molar-refractivity contribution in [3.05, 3.63) is 48.0 Å². The first kappa shape index (κ1) is 17.7. The van der Waals surface area contributed by atoms with E-state index in [0.717, 1.165) is 11.0 Å². The Morgan fingerprint density at radius 1 is 1.19 bits per heavy atom. The van der Waals surface area contributed by atoms with Gasteiger partial charge in [0.1, 0.15) is 0 Å². The number of imidazole rings is 1. The van der Waals surface area contributed by atoms with Crippen molar-refractivity contribution in [2.24, 2.45) is 12.1 Å². The van der Waals surface area contributed by atoms with E-state index in [0.29, 0.717) is 17.2 Å². The first-order valence-corrected chi connectivity index (χ1v) is 7.84. The van der Waals surface area contributed by atoms with Crippen molar-refractivity contribution in [1.29, 1.82) is 0 Å². The largest absolute Gasteiger partial charge is 0.493 e. The molecule has 3 rings (SSSR count). The molecular weight excluding hydrogens is 342 g/mol. The Balaban J connectivity index is 1.83. The van der Waals surface area contributed by atoms with E-state index in [9.17, 15) is 8.78 Å². The lowest BCUT2D eigenvalue weighted by atomic mass is 10.1. The van der Waals surface area contributed by atoms with Crippen molar-refractivity contribution in [2.45, 2.75) is 13.5 Å². The fourth-order valence-electron chi connectivity index (χ4n) is 2.53. The quantitative estimate of drug-likeness (QED) is 0.533. The number of nitrogens with zero attached hydrogens (tertiary/aromatic N) is 3. The number of methoxy groups -OCH3 is 1. The van der Waals surface area contributed by atoms with Crippen LogP contribution in [0.25, 0.3) is 11.0 Å². The fraction of sp³-hybridized carbons (Fsp3) is 0.222. The molecule has 0 spiro atoms. The Morgan fingerprint density at radius 3 is 2.65 bits per heavy atom. The van der Waals surface area contributed by atoms with Gasteiger partial charge in [0.15, 0.2) is 11.5 Å². The molecule has 0 amide bonds. The number of aryl methyl sites for hydroxylation is 1. The van der Waals surface area contributed by atoms with Crippen LogP contribution in [0.5, 0.6) is 11.5 Å². The highest BCUT2D eigenvalue weighted by Crippen LogP contribution is 2.29. The van der Waals surface area contributed by atoms with Crippen LogP contribution in [0, 0.1) is 0 Å². The summed E-state index contributed by atoms with van der Waals surface area (Å²) in [6, 6.07) is 12.4. The molecule has 8 heteroatoms. The SMILES string of the molecule is COc1cc(/C(C)=N/Nc2nc3ccccc3n2C)ccc1OC(F)F. The van der Waals surface area contributed by atoms with Crippen LogP contribution in [0.15, 0.2) is 47.6 Å².